The minimum Gasteiger partial charge on any atom is -0.464 e. The Kier molecular flexibility index (Phi) is 2.47. The largest absolute Gasteiger partial charge is 0.464 e. The minimum atomic E-state index is 0.679. The lowest BCUT2D eigenvalue weighted by molar-refractivity contribution is 0.249. The molecule has 96 valence electrons. The van der Waals surface area contributed by atoms with Crippen LogP contribution >= 0.6 is 0 Å². The zero-order valence-electron chi connectivity index (χ0n) is 10.9. The van der Waals surface area contributed by atoms with Gasteiger partial charge in [-0.15, -0.1) is 0 Å². The fourth-order valence-corrected chi connectivity index (χ4v) is 3.26. The molecule has 0 spiro atoms. The Balaban J connectivity index is 1.80. The number of fused-ring (bicyclic) bond motifs is 2. The van der Waals surface area contributed by atoms with Crippen molar-refractivity contribution >= 4 is 5.57 Å². The second kappa shape index (κ2) is 4.30. The average Bonchev–Trinajstić information content (AvgIpc) is 2.98. The van der Waals surface area contributed by atoms with E-state index in [1.54, 1.807) is 0 Å². The van der Waals surface area contributed by atoms with Gasteiger partial charge in [-0.1, -0.05) is 30.3 Å². The molecule has 0 atom stereocenters. The lowest BCUT2D eigenvalue weighted by atomic mass is 9.83. The van der Waals surface area contributed by atoms with E-state index < -0.39 is 0 Å². The molecular formula is C17H17NO. The molecule has 5 rings (SSSR count). The van der Waals surface area contributed by atoms with Crippen LogP contribution in [0.15, 0.2) is 53.3 Å². The van der Waals surface area contributed by atoms with Gasteiger partial charge < -0.3 is 9.32 Å². The highest BCUT2D eigenvalue weighted by atomic mass is 16.3. The number of furan rings is 1. The van der Waals surface area contributed by atoms with Crippen LogP contribution < -0.4 is 0 Å². The summed E-state index contributed by atoms with van der Waals surface area (Å²) in [5, 5.41) is 0. The molecule has 2 aromatic rings. The maximum absolute atomic E-state index is 5.82. The number of piperidine rings is 1. The highest BCUT2D eigenvalue weighted by molar-refractivity contribution is 5.79. The molecule has 19 heavy (non-hydrogen) atoms. The van der Waals surface area contributed by atoms with Crippen molar-refractivity contribution in [3.63, 3.8) is 0 Å². The zero-order valence-corrected chi connectivity index (χ0v) is 10.9. The van der Waals surface area contributed by atoms with Crippen LogP contribution in [0.4, 0.5) is 0 Å². The maximum atomic E-state index is 5.82. The lowest BCUT2D eigenvalue weighted by Gasteiger charge is -2.38. The molecule has 0 N–H and O–H groups in total. The molecular weight excluding hydrogens is 234 g/mol. The normalized spacial score (nSPS) is 18.7. The van der Waals surface area contributed by atoms with Crippen molar-refractivity contribution in [2.75, 3.05) is 13.1 Å². The molecule has 3 aliphatic heterocycles. The van der Waals surface area contributed by atoms with E-state index in [4.69, 9.17) is 4.42 Å². The predicted molar refractivity (Wildman–Crippen MR) is 76.4 cm³/mol. The topological polar surface area (TPSA) is 16.4 Å². The van der Waals surface area contributed by atoms with Crippen LogP contribution in [0.25, 0.3) is 16.7 Å². The Bertz CT molecular complexity index is 603. The minimum absolute atomic E-state index is 0.679. The third kappa shape index (κ3) is 1.79. The summed E-state index contributed by atoms with van der Waals surface area (Å²) < 4.78 is 5.82. The lowest BCUT2D eigenvalue weighted by Crippen LogP contribution is -2.35. The van der Waals surface area contributed by atoms with Crippen molar-refractivity contribution in [1.29, 1.82) is 0 Å². The molecule has 3 aliphatic rings. The molecule has 2 heteroatoms. The van der Waals surface area contributed by atoms with E-state index in [1.807, 2.05) is 6.26 Å². The molecule has 0 aliphatic carbocycles. The molecule has 2 bridgehead atoms. The van der Waals surface area contributed by atoms with Gasteiger partial charge in [0.25, 0.3) is 0 Å². The summed E-state index contributed by atoms with van der Waals surface area (Å²) >= 11 is 0. The monoisotopic (exact) mass is 251 g/mol. The van der Waals surface area contributed by atoms with Gasteiger partial charge in [-0.3, -0.25) is 0 Å². The van der Waals surface area contributed by atoms with E-state index in [0.29, 0.717) is 5.92 Å². The number of allylic oxidation sites excluding steroid dienone is 1. The van der Waals surface area contributed by atoms with E-state index in [-0.39, 0.29) is 0 Å². The summed E-state index contributed by atoms with van der Waals surface area (Å²) in [6, 6.07) is 12.6. The first-order valence-electron chi connectivity index (χ1n) is 7.01. The predicted octanol–water partition coefficient (Wildman–Crippen LogP) is 4.01. The van der Waals surface area contributed by atoms with E-state index in [0.717, 1.165) is 5.76 Å². The standard InChI is InChI=1S/C17H17NO/c1-2-4-13(5-3-1)15-8-11-19-17(15)16-12-18-9-6-14(16)7-10-18/h1-5,8,11-12,14H,6-7,9-10H2. The average molecular weight is 251 g/mol. The van der Waals surface area contributed by atoms with Crippen LogP contribution in [0.3, 0.4) is 0 Å². The third-order valence-electron chi connectivity index (χ3n) is 4.30. The first kappa shape index (κ1) is 10.9. The quantitative estimate of drug-likeness (QED) is 0.801. The highest BCUT2D eigenvalue weighted by Crippen LogP contribution is 2.41. The summed E-state index contributed by atoms with van der Waals surface area (Å²) in [4.78, 5) is 2.42. The van der Waals surface area contributed by atoms with Gasteiger partial charge in [0.05, 0.1) is 6.26 Å². The van der Waals surface area contributed by atoms with Gasteiger partial charge in [-0.25, -0.2) is 0 Å². The first-order valence-corrected chi connectivity index (χ1v) is 7.01. The third-order valence-corrected chi connectivity index (χ3v) is 4.30. The summed E-state index contributed by atoms with van der Waals surface area (Å²) in [5.41, 5.74) is 3.85. The van der Waals surface area contributed by atoms with Gasteiger partial charge in [-0.2, -0.15) is 0 Å². The smallest absolute Gasteiger partial charge is 0.139 e. The molecule has 0 unspecified atom stereocenters. The second-order valence-electron chi connectivity index (χ2n) is 5.42. The molecule has 0 amide bonds. The molecule has 1 aromatic heterocycles. The fourth-order valence-electron chi connectivity index (χ4n) is 3.26. The number of hydrogen-bond acceptors (Lipinski definition) is 2. The van der Waals surface area contributed by atoms with Crippen LogP contribution in [-0.2, 0) is 0 Å². The molecule has 2 nitrogen and oxygen atoms in total. The van der Waals surface area contributed by atoms with Gasteiger partial charge in [0.1, 0.15) is 5.76 Å². The fraction of sp³-hybridized carbons (Fsp3) is 0.294. The molecule has 0 saturated carbocycles. The summed E-state index contributed by atoms with van der Waals surface area (Å²) in [6.45, 7) is 2.41. The van der Waals surface area contributed by atoms with Crippen molar-refractivity contribution in [2.24, 2.45) is 5.92 Å². The highest BCUT2D eigenvalue weighted by Gasteiger charge is 2.30. The Labute approximate surface area is 113 Å². The van der Waals surface area contributed by atoms with Crippen molar-refractivity contribution < 1.29 is 4.42 Å². The van der Waals surface area contributed by atoms with Crippen LogP contribution in [0.1, 0.15) is 18.6 Å². The Morgan fingerprint density at radius 2 is 1.79 bits per heavy atom. The Morgan fingerprint density at radius 3 is 2.47 bits per heavy atom. The number of hydrogen-bond donors (Lipinski definition) is 0. The van der Waals surface area contributed by atoms with E-state index >= 15 is 0 Å². The molecule has 1 saturated heterocycles. The van der Waals surface area contributed by atoms with Crippen LogP contribution in [-0.4, -0.2) is 18.0 Å². The first-order chi connectivity index (χ1) is 9.42. The molecule has 1 fully saturated rings. The maximum Gasteiger partial charge on any atom is 0.139 e. The van der Waals surface area contributed by atoms with Crippen molar-refractivity contribution in [3.05, 3.63) is 54.6 Å². The van der Waals surface area contributed by atoms with E-state index in [1.165, 1.54) is 42.6 Å². The van der Waals surface area contributed by atoms with E-state index in [9.17, 15) is 0 Å². The number of rotatable bonds is 2. The van der Waals surface area contributed by atoms with Gasteiger partial charge >= 0.3 is 0 Å². The van der Waals surface area contributed by atoms with Gasteiger partial charge in [0, 0.05) is 30.4 Å². The summed E-state index contributed by atoms with van der Waals surface area (Å²) in [6.07, 6.45) is 6.65. The molecule has 4 heterocycles. The van der Waals surface area contributed by atoms with Crippen LogP contribution in [0, 0.1) is 5.92 Å². The van der Waals surface area contributed by atoms with Crippen LogP contribution in [0.5, 0.6) is 0 Å². The Hall–Kier alpha value is -1.96. The summed E-state index contributed by atoms with van der Waals surface area (Å²) in [7, 11) is 0. The summed E-state index contributed by atoms with van der Waals surface area (Å²) in [5.74, 6) is 1.75. The van der Waals surface area contributed by atoms with Crippen LogP contribution in [0.2, 0.25) is 0 Å². The van der Waals surface area contributed by atoms with Gasteiger partial charge in [0.2, 0.25) is 0 Å². The number of benzene rings is 1. The van der Waals surface area contributed by atoms with E-state index in [2.05, 4.69) is 47.5 Å². The van der Waals surface area contributed by atoms with Gasteiger partial charge in [-0.05, 0) is 30.4 Å². The Morgan fingerprint density at radius 1 is 1.00 bits per heavy atom. The van der Waals surface area contributed by atoms with Gasteiger partial charge in [0.15, 0.2) is 0 Å². The van der Waals surface area contributed by atoms with Crippen molar-refractivity contribution in [2.45, 2.75) is 12.8 Å². The molecule has 0 radical (unpaired) electrons. The van der Waals surface area contributed by atoms with Crippen molar-refractivity contribution in [1.82, 2.24) is 4.90 Å². The molecule has 1 aromatic carbocycles. The number of nitrogens with zero attached hydrogens (tertiary/aromatic N) is 1. The second-order valence-corrected chi connectivity index (χ2v) is 5.42. The SMILES string of the molecule is C1=C(c2occc2-c2ccccc2)C2CCN1CC2. The zero-order chi connectivity index (χ0) is 12.7. The van der Waals surface area contributed by atoms with Crippen molar-refractivity contribution in [3.8, 4) is 11.1 Å².